The molecule has 0 saturated carbocycles. The van der Waals surface area contributed by atoms with Crippen LogP contribution in [-0.2, 0) is 6.61 Å². The number of carboxylic acids is 1. The molecule has 10 nitrogen and oxygen atoms in total. The molecule has 32 heavy (non-hydrogen) atoms. The number of aromatic nitrogens is 3. The Labute approximate surface area is 199 Å². The highest BCUT2D eigenvalue weighted by Crippen LogP contribution is 2.35. The van der Waals surface area contributed by atoms with Gasteiger partial charge in [0.15, 0.2) is 10.9 Å². The van der Waals surface area contributed by atoms with Crippen molar-refractivity contribution in [1.82, 2.24) is 15.0 Å². The molecule has 0 aliphatic heterocycles. The summed E-state index contributed by atoms with van der Waals surface area (Å²) in [5, 5.41) is 21.7. The van der Waals surface area contributed by atoms with E-state index in [-0.39, 0.29) is 23.1 Å². The quantitative estimate of drug-likeness (QED) is 0.229. The molecule has 5 N–H and O–H groups in total. The molecule has 164 valence electrons. The van der Waals surface area contributed by atoms with Crippen molar-refractivity contribution in [2.75, 3.05) is 5.32 Å². The number of nitrogens with one attached hydrogen (secondary N) is 3. The Morgan fingerprint density at radius 1 is 1.22 bits per heavy atom. The minimum atomic E-state index is -1.16. The van der Waals surface area contributed by atoms with Crippen LogP contribution < -0.4 is 15.5 Å². The molecule has 0 bridgehead atoms. The summed E-state index contributed by atoms with van der Waals surface area (Å²) in [5.41, 5.74) is 0.416. The van der Waals surface area contributed by atoms with Crippen molar-refractivity contribution in [3.05, 3.63) is 66.7 Å². The Kier molecular flexibility index (Phi) is 6.04. The molecule has 0 aliphatic carbocycles. The average Bonchev–Trinajstić information content (AvgIpc) is 3.30. The van der Waals surface area contributed by atoms with Gasteiger partial charge in [0, 0.05) is 12.3 Å². The zero-order chi connectivity index (χ0) is 23.0. The summed E-state index contributed by atoms with van der Waals surface area (Å²) in [4.78, 5) is 45.6. The molecule has 1 aromatic carbocycles. The van der Waals surface area contributed by atoms with Crippen LogP contribution in [-0.4, -0.2) is 37.0 Å². The van der Waals surface area contributed by atoms with Gasteiger partial charge in [0.1, 0.15) is 23.6 Å². The molecule has 0 atom stereocenters. The van der Waals surface area contributed by atoms with Gasteiger partial charge < -0.3 is 24.9 Å². The van der Waals surface area contributed by atoms with Crippen molar-refractivity contribution in [2.24, 2.45) is 0 Å². The van der Waals surface area contributed by atoms with Crippen LogP contribution in [0.15, 0.2) is 44.3 Å². The number of fused-ring (bicyclic) bond motifs is 1. The van der Waals surface area contributed by atoms with E-state index in [0.717, 1.165) is 17.5 Å². The first-order chi connectivity index (χ1) is 15.2. The molecule has 4 rings (SSSR count). The Balaban J connectivity index is 1.64. The highest BCUT2D eigenvalue weighted by atomic mass is 79.9. The topological polar surface area (TPSA) is 157 Å². The summed E-state index contributed by atoms with van der Waals surface area (Å²) in [5.74, 6) is -1.85. The van der Waals surface area contributed by atoms with Crippen LogP contribution in [0, 0.1) is 0 Å². The number of thiazole rings is 1. The zero-order valence-corrected chi connectivity index (χ0v) is 19.7. The normalized spacial score (nSPS) is 10.9. The van der Waals surface area contributed by atoms with Crippen LogP contribution in [0.1, 0.15) is 26.5 Å². The van der Waals surface area contributed by atoms with Crippen LogP contribution in [0.3, 0.4) is 0 Å². The number of hydrogen-bond donors (Lipinski definition) is 5. The largest absolute Gasteiger partial charge is 0.503 e. The number of carbonyl (C=O) groups excluding carboxylic acids is 1. The van der Waals surface area contributed by atoms with Crippen LogP contribution in [0.4, 0.5) is 5.13 Å². The van der Waals surface area contributed by atoms with Crippen molar-refractivity contribution in [1.29, 1.82) is 0 Å². The number of anilines is 1. The van der Waals surface area contributed by atoms with Crippen molar-refractivity contribution >= 4 is 70.4 Å². The van der Waals surface area contributed by atoms with Crippen molar-refractivity contribution < 1.29 is 24.5 Å². The minimum absolute atomic E-state index is 0.0227. The maximum atomic E-state index is 12.5. The Bertz CT molecular complexity index is 1410. The summed E-state index contributed by atoms with van der Waals surface area (Å²) in [6, 6.07) is 5.52. The summed E-state index contributed by atoms with van der Waals surface area (Å²) >= 11 is 7.65. The number of rotatable bonds is 6. The van der Waals surface area contributed by atoms with E-state index in [9.17, 15) is 24.6 Å². The van der Waals surface area contributed by atoms with E-state index >= 15 is 0 Å². The van der Waals surface area contributed by atoms with E-state index in [4.69, 9.17) is 4.74 Å². The lowest BCUT2D eigenvalue weighted by molar-refractivity contribution is 0.0696. The lowest BCUT2D eigenvalue weighted by Crippen LogP contribution is -2.11. The molecular formula is C19H12Br2N4O6S. The van der Waals surface area contributed by atoms with E-state index in [0.29, 0.717) is 30.7 Å². The first kappa shape index (κ1) is 22.0. The average molecular weight is 584 g/mol. The number of pyridine rings is 1. The second-order valence-electron chi connectivity index (χ2n) is 6.44. The fourth-order valence-electron chi connectivity index (χ4n) is 2.72. The first-order valence-corrected chi connectivity index (χ1v) is 11.2. The minimum Gasteiger partial charge on any atom is -0.503 e. The third-order valence-corrected chi connectivity index (χ3v) is 6.93. The predicted octanol–water partition coefficient (Wildman–Crippen LogP) is 4.07. The van der Waals surface area contributed by atoms with Crippen molar-refractivity contribution in [2.45, 2.75) is 6.61 Å². The molecule has 0 unspecified atom stereocenters. The molecule has 13 heteroatoms. The number of carbonyl (C=O) groups is 2. The summed E-state index contributed by atoms with van der Waals surface area (Å²) in [6.45, 7) is -0.0998. The van der Waals surface area contributed by atoms with Crippen molar-refractivity contribution in [3.8, 4) is 11.5 Å². The van der Waals surface area contributed by atoms with Gasteiger partial charge in [-0.05, 0) is 50.1 Å². The SMILES string of the molecule is O=C(O)c1cc(OCc2cc(=O)c(O)c[nH]2)c2nc(NC(=O)c3cc(Br)c(Br)[nH]3)sc2c1. The van der Waals surface area contributed by atoms with Crippen molar-refractivity contribution in [3.63, 3.8) is 0 Å². The second-order valence-corrected chi connectivity index (χ2v) is 9.12. The molecule has 0 spiro atoms. The van der Waals surface area contributed by atoms with Gasteiger partial charge in [0.05, 0.1) is 25.0 Å². The third kappa shape index (κ3) is 4.54. The number of nitrogens with zero attached hydrogens (tertiary/aromatic N) is 1. The van der Waals surface area contributed by atoms with Crippen LogP contribution in [0.25, 0.3) is 10.2 Å². The van der Waals surface area contributed by atoms with Gasteiger partial charge in [-0.1, -0.05) is 11.3 Å². The monoisotopic (exact) mass is 582 g/mol. The molecule has 4 aromatic rings. The van der Waals surface area contributed by atoms with Gasteiger partial charge in [-0.25, -0.2) is 9.78 Å². The number of benzene rings is 1. The number of carboxylic acid groups (broad SMARTS) is 1. The Morgan fingerprint density at radius 2 is 2.00 bits per heavy atom. The fourth-order valence-corrected chi connectivity index (χ4v) is 4.30. The highest BCUT2D eigenvalue weighted by molar-refractivity contribution is 9.13. The molecule has 0 radical (unpaired) electrons. The van der Waals surface area contributed by atoms with Gasteiger partial charge in [-0.15, -0.1) is 0 Å². The molecule has 0 fully saturated rings. The maximum Gasteiger partial charge on any atom is 0.335 e. The predicted molar refractivity (Wildman–Crippen MR) is 124 cm³/mol. The standard InChI is InChI=1S/C19H12Br2N4O6S/c20-9-4-10(23-16(9)21)17(28)25-19-24-15-13(1-7(18(29)30)2-14(15)32-19)31-6-8-3-11(26)12(27)5-22-8/h1-5,23,27H,6H2,(H,22,26)(H,29,30)(H,24,25,28). The first-order valence-electron chi connectivity index (χ1n) is 8.78. The lowest BCUT2D eigenvalue weighted by atomic mass is 10.2. The fraction of sp³-hybridized carbons (Fsp3) is 0.0526. The highest BCUT2D eigenvalue weighted by Gasteiger charge is 2.18. The number of halogens is 2. The Hall–Kier alpha value is -3.16. The van der Waals surface area contributed by atoms with Crippen LogP contribution in [0.2, 0.25) is 0 Å². The molecule has 0 aliphatic rings. The van der Waals surface area contributed by atoms with Crippen LogP contribution >= 0.6 is 43.2 Å². The molecular weight excluding hydrogens is 572 g/mol. The number of aromatic carboxylic acids is 1. The van der Waals surface area contributed by atoms with E-state index in [1.807, 2.05) is 0 Å². The number of aromatic amines is 2. The van der Waals surface area contributed by atoms with E-state index in [1.54, 1.807) is 6.07 Å². The molecule has 0 saturated heterocycles. The second kappa shape index (κ2) is 8.76. The van der Waals surface area contributed by atoms with Gasteiger partial charge in [-0.3, -0.25) is 14.9 Å². The smallest absolute Gasteiger partial charge is 0.335 e. The van der Waals surface area contributed by atoms with Gasteiger partial charge >= 0.3 is 5.97 Å². The maximum absolute atomic E-state index is 12.5. The number of aromatic hydroxyl groups is 1. The Morgan fingerprint density at radius 3 is 2.66 bits per heavy atom. The summed E-state index contributed by atoms with van der Waals surface area (Å²) in [6.07, 6.45) is 1.14. The van der Waals surface area contributed by atoms with E-state index in [1.165, 1.54) is 18.2 Å². The lowest BCUT2D eigenvalue weighted by Gasteiger charge is -2.08. The summed E-state index contributed by atoms with van der Waals surface area (Å²) in [7, 11) is 0. The third-order valence-electron chi connectivity index (χ3n) is 4.23. The zero-order valence-electron chi connectivity index (χ0n) is 15.7. The molecule has 3 aromatic heterocycles. The number of hydrogen-bond acceptors (Lipinski definition) is 7. The van der Waals surface area contributed by atoms with Crippen LogP contribution in [0.5, 0.6) is 11.5 Å². The van der Waals surface area contributed by atoms with Gasteiger partial charge in [0.25, 0.3) is 5.91 Å². The molecule has 1 amide bonds. The van der Waals surface area contributed by atoms with E-state index < -0.39 is 23.1 Å². The summed E-state index contributed by atoms with van der Waals surface area (Å²) < 4.78 is 7.49. The van der Waals surface area contributed by atoms with Gasteiger partial charge in [-0.2, -0.15) is 0 Å². The number of H-pyrrole nitrogens is 2. The van der Waals surface area contributed by atoms with E-state index in [2.05, 4.69) is 52.1 Å². The number of ether oxygens (including phenoxy) is 1. The number of amides is 1. The molecule has 3 heterocycles. The van der Waals surface area contributed by atoms with Gasteiger partial charge in [0.2, 0.25) is 5.43 Å².